The molecule has 1 amide bonds. The first-order valence-corrected chi connectivity index (χ1v) is 7.85. The van der Waals surface area contributed by atoms with Crippen LogP contribution in [0.5, 0.6) is 0 Å². The van der Waals surface area contributed by atoms with Crippen LogP contribution < -0.4 is 10.9 Å². The first kappa shape index (κ1) is 15.1. The van der Waals surface area contributed by atoms with Gasteiger partial charge >= 0.3 is 0 Å². The van der Waals surface area contributed by atoms with Gasteiger partial charge < -0.3 is 5.32 Å². The highest BCUT2D eigenvalue weighted by Crippen LogP contribution is 2.21. The Morgan fingerprint density at radius 1 is 1.22 bits per heavy atom. The third kappa shape index (κ3) is 3.70. The molecule has 0 spiro atoms. The van der Waals surface area contributed by atoms with E-state index in [1.54, 1.807) is 18.2 Å². The average Bonchev–Trinajstić information content (AvgIpc) is 3.04. The third-order valence-electron chi connectivity index (χ3n) is 3.09. The number of aromatic nitrogens is 3. The van der Waals surface area contributed by atoms with E-state index in [9.17, 15) is 9.59 Å². The van der Waals surface area contributed by atoms with Crippen molar-refractivity contribution >= 4 is 23.1 Å². The van der Waals surface area contributed by atoms with Gasteiger partial charge in [0.05, 0.1) is 4.88 Å². The molecule has 23 heavy (non-hydrogen) atoms. The quantitative estimate of drug-likeness (QED) is 0.798. The molecule has 0 fully saturated rings. The summed E-state index contributed by atoms with van der Waals surface area (Å²) in [6.45, 7) is 1.68. The fourth-order valence-corrected chi connectivity index (χ4v) is 2.74. The lowest BCUT2D eigenvalue weighted by Crippen LogP contribution is -2.29. The SMILES string of the molecule is Cc1cccc(NC(=O)Cn2nc(-c3cccs3)ccc2=O)n1. The highest BCUT2D eigenvalue weighted by atomic mass is 32.1. The molecular weight excluding hydrogens is 312 g/mol. The van der Waals surface area contributed by atoms with Crippen LogP contribution in [0.15, 0.2) is 52.6 Å². The molecule has 0 aliphatic heterocycles. The smallest absolute Gasteiger partial charge is 0.267 e. The minimum absolute atomic E-state index is 0.159. The van der Waals surface area contributed by atoms with E-state index in [4.69, 9.17) is 0 Å². The largest absolute Gasteiger partial charge is 0.309 e. The molecule has 0 saturated heterocycles. The maximum atomic E-state index is 12.1. The number of aryl methyl sites for hydroxylation is 1. The van der Waals surface area contributed by atoms with E-state index in [0.717, 1.165) is 15.3 Å². The Labute approximate surface area is 136 Å². The number of amides is 1. The Balaban J connectivity index is 1.78. The molecule has 0 saturated carbocycles. The standard InChI is InChI=1S/C16H14N4O2S/c1-11-4-2-6-14(17-11)18-15(21)10-20-16(22)8-7-12(19-20)13-5-3-9-23-13/h2-9H,10H2,1H3,(H,17,18,21). The van der Waals surface area contributed by atoms with Gasteiger partial charge in [0.25, 0.3) is 5.56 Å². The lowest BCUT2D eigenvalue weighted by molar-refractivity contribution is -0.117. The minimum atomic E-state index is -0.346. The molecule has 0 aromatic carbocycles. The van der Waals surface area contributed by atoms with Gasteiger partial charge in [0.1, 0.15) is 18.1 Å². The minimum Gasteiger partial charge on any atom is -0.309 e. The second-order valence-electron chi connectivity index (χ2n) is 4.90. The van der Waals surface area contributed by atoms with E-state index in [0.29, 0.717) is 11.5 Å². The molecule has 0 radical (unpaired) electrons. The Morgan fingerprint density at radius 2 is 2.09 bits per heavy atom. The summed E-state index contributed by atoms with van der Waals surface area (Å²) in [5.74, 6) is 0.110. The Bertz CT molecular complexity index is 887. The first-order valence-electron chi connectivity index (χ1n) is 6.97. The third-order valence-corrected chi connectivity index (χ3v) is 3.98. The van der Waals surface area contributed by atoms with Gasteiger partial charge in [-0.2, -0.15) is 5.10 Å². The maximum absolute atomic E-state index is 12.1. The van der Waals surface area contributed by atoms with Crippen molar-refractivity contribution in [2.45, 2.75) is 13.5 Å². The summed E-state index contributed by atoms with van der Waals surface area (Å²) in [6, 6.07) is 12.2. The molecule has 3 aromatic heterocycles. The zero-order chi connectivity index (χ0) is 16.2. The van der Waals surface area contributed by atoms with Gasteiger partial charge in [0.2, 0.25) is 5.91 Å². The van der Waals surface area contributed by atoms with Crippen molar-refractivity contribution < 1.29 is 4.79 Å². The summed E-state index contributed by atoms with van der Waals surface area (Å²) in [5, 5.41) is 8.85. The van der Waals surface area contributed by atoms with Crippen molar-refractivity contribution in [1.29, 1.82) is 0 Å². The molecule has 116 valence electrons. The number of carbonyl (C=O) groups is 1. The fourth-order valence-electron chi connectivity index (χ4n) is 2.05. The molecule has 0 unspecified atom stereocenters. The molecule has 0 atom stereocenters. The summed E-state index contributed by atoms with van der Waals surface area (Å²) < 4.78 is 1.15. The van der Waals surface area contributed by atoms with E-state index in [1.165, 1.54) is 17.4 Å². The molecule has 0 aliphatic carbocycles. The number of anilines is 1. The zero-order valence-electron chi connectivity index (χ0n) is 12.4. The van der Waals surface area contributed by atoms with E-state index in [1.807, 2.05) is 30.5 Å². The summed E-state index contributed by atoms with van der Waals surface area (Å²) in [5.41, 5.74) is 1.15. The van der Waals surface area contributed by atoms with Gasteiger partial charge in [0.15, 0.2) is 0 Å². The Morgan fingerprint density at radius 3 is 2.83 bits per heavy atom. The predicted octanol–water partition coefficient (Wildman–Crippen LogP) is 2.31. The van der Waals surface area contributed by atoms with Gasteiger partial charge in [0, 0.05) is 11.8 Å². The molecule has 3 aromatic rings. The lowest BCUT2D eigenvalue weighted by atomic mass is 10.3. The van der Waals surface area contributed by atoms with Crippen LogP contribution in [-0.2, 0) is 11.3 Å². The number of carbonyl (C=O) groups excluding carboxylic acids is 1. The number of pyridine rings is 1. The monoisotopic (exact) mass is 326 g/mol. The highest BCUT2D eigenvalue weighted by molar-refractivity contribution is 7.13. The van der Waals surface area contributed by atoms with Gasteiger partial charge in [-0.3, -0.25) is 9.59 Å². The number of hydrogen-bond acceptors (Lipinski definition) is 5. The molecule has 3 heterocycles. The van der Waals surface area contributed by atoms with Crippen LogP contribution in [0.2, 0.25) is 0 Å². The number of thiophene rings is 1. The van der Waals surface area contributed by atoms with Crippen molar-refractivity contribution in [1.82, 2.24) is 14.8 Å². The number of hydrogen-bond donors (Lipinski definition) is 1. The van der Waals surface area contributed by atoms with Gasteiger partial charge in [-0.1, -0.05) is 12.1 Å². The fraction of sp³-hybridized carbons (Fsp3) is 0.125. The topological polar surface area (TPSA) is 76.9 Å². The Hall–Kier alpha value is -2.80. The highest BCUT2D eigenvalue weighted by Gasteiger charge is 2.09. The van der Waals surface area contributed by atoms with E-state index >= 15 is 0 Å². The van der Waals surface area contributed by atoms with Crippen molar-refractivity contribution in [2.24, 2.45) is 0 Å². The maximum Gasteiger partial charge on any atom is 0.267 e. The summed E-state index contributed by atoms with van der Waals surface area (Å²) in [4.78, 5) is 29.1. The molecule has 3 rings (SSSR count). The van der Waals surface area contributed by atoms with Gasteiger partial charge in [-0.25, -0.2) is 9.67 Å². The van der Waals surface area contributed by atoms with Crippen LogP contribution in [0.1, 0.15) is 5.69 Å². The van der Waals surface area contributed by atoms with E-state index in [2.05, 4.69) is 15.4 Å². The van der Waals surface area contributed by atoms with Crippen molar-refractivity contribution in [2.75, 3.05) is 5.32 Å². The molecule has 6 nitrogen and oxygen atoms in total. The van der Waals surface area contributed by atoms with Crippen molar-refractivity contribution in [3.05, 3.63) is 63.9 Å². The molecule has 1 N–H and O–H groups in total. The van der Waals surface area contributed by atoms with Gasteiger partial charge in [-0.05, 0) is 36.6 Å². The van der Waals surface area contributed by atoms with Crippen molar-refractivity contribution in [3.63, 3.8) is 0 Å². The van der Waals surface area contributed by atoms with Gasteiger partial charge in [-0.15, -0.1) is 11.3 Å². The van der Waals surface area contributed by atoms with Crippen LogP contribution in [0, 0.1) is 6.92 Å². The van der Waals surface area contributed by atoms with Crippen LogP contribution >= 0.6 is 11.3 Å². The summed E-state index contributed by atoms with van der Waals surface area (Å²) >= 11 is 1.53. The molecule has 7 heteroatoms. The number of nitrogens with zero attached hydrogens (tertiary/aromatic N) is 3. The number of rotatable bonds is 4. The van der Waals surface area contributed by atoms with Crippen molar-refractivity contribution in [3.8, 4) is 10.6 Å². The average molecular weight is 326 g/mol. The lowest BCUT2D eigenvalue weighted by Gasteiger charge is -2.07. The molecule has 0 bridgehead atoms. The molecule has 0 aliphatic rings. The van der Waals surface area contributed by atoms with Crippen LogP contribution in [0.4, 0.5) is 5.82 Å². The second kappa shape index (κ2) is 6.53. The first-order chi connectivity index (χ1) is 11.1. The normalized spacial score (nSPS) is 10.5. The molecular formula is C16H14N4O2S. The zero-order valence-corrected chi connectivity index (χ0v) is 13.2. The van der Waals surface area contributed by atoms with Crippen LogP contribution in [0.3, 0.4) is 0 Å². The number of nitrogens with one attached hydrogen (secondary N) is 1. The second-order valence-corrected chi connectivity index (χ2v) is 5.85. The summed E-state index contributed by atoms with van der Waals surface area (Å²) in [7, 11) is 0. The van der Waals surface area contributed by atoms with E-state index in [-0.39, 0.29) is 18.0 Å². The Kier molecular flexibility index (Phi) is 4.29. The van der Waals surface area contributed by atoms with Crippen LogP contribution in [-0.4, -0.2) is 20.7 Å². The predicted molar refractivity (Wildman–Crippen MR) is 89.4 cm³/mol. The summed E-state index contributed by atoms with van der Waals surface area (Å²) in [6.07, 6.45) is 0. The van der Waals surface area contributed by atoms with E-state index < -0.39 is 0 Å². The van der Waals surface area contributed by atoms with Crippen LogP contribution in [0.25, 0.3) is 10.6 Å².